The zero-order valence-electron chi connectivity index (χ0n) is 9.93. The molecule has 1 aromatic heterocycles. The van der Waals surface area contributed by atoms with Crippen LogP contribution in [0.1, 0.15) is 12.2 Å². The minimum absolute atomic E-state index is 0.0585. The summed E-state index contributed by atoms with van der Waals surface area (Å²) in [6.07, 6.45) is 0.889. The first-order chi connectivity index (χ1) is 8.46. The molecule has 102 valence electrons. The van der Waals surface area contributed by atoms with Crippen molar-refractivity contribution in [3.8, 4) is 0 Å². The van der Waals surface area contributed by atoms with Crippen molar-refractivity contribution in [3.63, 3.8) is 0 Å². The Morgan fingerprint density at radius 2 is 2.39 bits per heavy atom. The van der Waals surface area contributed by atoms with E-state index >= 15 is 0 Å². The van der Waals surface area contributed by atoms with Crippen LogP contribution in [0.3, 0.4) is 0 Å². The van der Waals surface area contributed by atoms with Crippen molar-refractivity contribution in [3.05, 3.63) is 16.5 Å². The molecule has 2 rings (SSSR count). The Bertz CT molecular complexity index is 523. The van der Waals surface area contributed by atoms with Gasteiger partial charge < -0.3 is 10.2 Å². The lowest BCUT2D eigenvalue weighted by molar-refractivity contribution is 0.393. The fourth-order valence-electron chi connectivity index (χ4n) is 1.83. The van der Waals surface area contributed by atoms with E-state index in [0.29, 0.717) is 5.76 Å². The largest absolute Gasteiger partial charge is 0.452 e. The topological polar surface area (TPSA) is 76.5 Å². The molecule has 1 unspecified atom stereocenters. The number of hydrogen-bond acceptors (Lipinski definition) is 5. The van der Waals surface area contributed by atoms with Gasteiger partial charge in [0.1, 0.15) is 10.7 Å². The summed E-state index contributed by atoms with van der Waals surface area (Å²) in [4.78, 5) is 0.155. The van der Waals surface area contributed by atoms with Gasteiger partial charge in [-0.05, 0) is 28.1 Å². The van der Waals surface area contributed by atoms with Gasteiger partial charge >= 0.3 is 0 Å². The number of halogens is 1. The zero-order valence-corrected chi connectivity index (χ0v) is 13.1. The first-order valence-corrected chi connectivity index (χ1v) is 8.89. The van der Waals surface area contributed by atoms with Crippen LogP contribution < -0.4 is 5.73 Å². The summed E-state index contributed by atoms with van der Waals surface area (Å²) in [5, 5.41) is 0. The summed E-state index contributed by atoms with van der Waals surface area (Å²) in [6, 6.07) is 1.54. The summed E-state index contributed by atoms with van der Waals surface area (Å²) >= 11 is 4.91. The molecule has 0 amide bonds. The molecule has 1 aromatic rings. The average molecular weight is 355 g/mol. The molecule has 0 saturated carbocycles. The van der Waals surface area contributed by atoms with Gasteiger partial charge in [0.25, 0.3) is 0 Å². The van der Waals surface area contributed by atoms with Crippen molar-refractivity contribution in [2.24, 2.45) is 5.73 Å². The lowest BCUT2D eigenvalue weighted by Gasteiger charge is -2.22. The maximum Gasteiger partial charge on any atom is 0.247 e. The minimum Gasteiger partial charge on any atom is -0.452 e. The number of sulfonamides is 1. The van der Waals surface area contributed by atoms with Crippen LogP contribution in [0.5, 0.6) is 0 Å². The van der Waals surface area contributed by atoms with Gasteiger partial charge in [-0.2, -0.15) is 16.1 Å². The molecule has 1 saturated heterocycles. The van der Waals surface area contributed by atoms with Gasteiger partial charge in [0.05, 0.1) is 6.54 Å². The van der Waals surface area contributed by atoms with E-state index in [0.717, 1.165) is 17.9 Å². The first-order valence-electron chi connectivity index (χ1n) is 5.51. The van der Waals surface area contributed by atoms with E-state index in [9.17, 15) is 8.42 Å². The third kappa shape index (κ3) is 2.62. The van der Waals surface area contributed by atoms with Crippen LogP contribution >= 0.6 is 27.7 Å². The Labute approximate surface area is 119 Å². The molecule has 1 aliphatic heterocycles. The van der Waals surface area contributed by atoms with Crippen LogP contribution in [0.4, 0.5) is 0 Å². The Morgan fingerprint density at radius 1 is 1.67 bits per heavy atom. The SMILES string of the molecule is CN(C1CCSC1)S(=O)(=O)c1cc(CN)oc1Br. The van der Waals surface area contributed by atoms with Gasteiger partial charge in [0.2, 0.25) is 10.0 Å². The van der Waals surface area contributed by atoms with Gasteiger partial charge in [-0.3, -0.25) is 0 Å². The molecule has 8 heteroatoms. The highest BCUT2D eigenvalue weighted by atomic mass is 79.9. The second-order valence-electron chi connectivity index (χ2n) is 4.09. The number of hydrogen-bond donors (Lipinski definition) is 1. The molecule has 1 aliphatic rings. The second-order valence-corrected chi connectivity index (χ2v) is 7.93. The lowest BCUT2D eigenvalue weighted by Crippen LogP contribution is -2.36. The van der Waals surface area contributed by atoms with Gasteiger partial charge in [-0.15, -0.1) is 0 Å². The van der Waals surface area contributed by atoms with Crippen molar-refractivity contribution in [2.45, 2.75) is 23.9 Å². The Hall–Kier alpha value is -0.0200. The van der Waals surface area contributed by atoms with Gasteiger partial charge in [0.15, 0.2) is 4.67 Å². The molecule has 0 spiro atoms. The van der Waals surface area contributed by atoms with Crippen LogP contribution in [0.2, 0.25) is 0 Å². The standard InChI is InChI=1S/C10H15BrN2O3S2/c1-13(7-2-3-17-6-7)18(14,15)9-4-8(5-12)16-10(9)11/h4,7H,2-3,5-6,12H2,1H3. The molecular weight excluding hydrogens is 340 g/mol. The summed E-state index contributed by atoms with van der Waals surface area (Å²) < 4.78 is 31.8. The number of thioether (sulfide) groups is 1. The monoisotopic (exact) mass is 354 g/mol. The quantitative estimate of drug-likeness (QED) is 0.888. The lowest BCUT2D eigenvalue weighted by atomic mass is 10.3. The van der Waals surface area contributed by atoms with E-state index in [4.69, 9.17) is 10.2 Å². The van der Waals surface area contributed by atoms with Gasteiger partial charge in [-0.1, -0.05) is 0 Å². The fraction of sp³-hybridized carbons (Fsp3) is 0.600. The third-order valence-electron chi connectivity index (χ3n) is 2.98. The zero-order chi connectivity index (χ0) is 13.3. The summed E-state index contributed by atoms with van der Waals surface area (Å²) in [5.41, 5.74) is 5.45. The predicted octanol–water partition coefficient (Wildman–Crippen LogP) is 1.63. The van der Waals surface area contributed by atoms with E-state index < -0.39 is 10.0 Å². The van der Waals surface area contributed by atoms with Crippen molar-refractivity contribution < 1.29 is 12.8 Å². The normalized spacial score (nSPS) is 20.8. The van der Waals surface area contributed by atoms with Crippen LogP contribution in [0.25, 0.3) is 0 Å². The van der Waals surface area contributed by atoms with E-state index in [-0.39, 0.29) is 22.2 Å². The van der Waals surface area contributed by atoms with Crippen molar-refractivity contribution >= 4 is 37.7 Å². The Balaban J connectivity index is 2.31. The highest BCUT2D eigenvalue weighted by molar-refractivity contribution is 9.10. The van der Waals surface area contributed by atoms with Crippen molar-refractivity contribution in [1.29, 1.82) is 0 Å². The summed E-state index contributed by atoms with van der Waals surface area (Å²) in [5.74, 6) is 2.30. The molecule has 1 atom stereocenters. The molecule has 18 heavy (non-hydrogen) atoms. The first kappa shape index (κ1) is 14.4. The van der Waals surface area contributed by atoms with Crippen LogP contribution in [0, 0.1) is 0 Å². The van der Waals surface area contributed by atoms with Crippen molar-refractivity contribution in [1.82, 2.24) is 4.31 Å². The second kappa shape index (κ2) is 5.54. The summed E-state index contributed by atoms with van der Waals surface area (Å²) in [7, 11) is -1.90. The fourth-order valence-corrected chi connectivity index (χ4v) is 5.54. The van der Waals surface area contributed by atoms with Crippen LogP contribution in [-0.2, 0) is 16.6 Å². The van der Waals surface area contributed by atoms with E-state index in [1.165, 1.54) is 10.4 Å². The molecule has 0 aromatic carbocycles. The number of nitrogens with zero attached hydrogens (tertiary/aromatic N) is 1. The van der Waals surface area contributed by atoms with Crippen molar-refractivity contribution in [2.75, 3.05) is 18.6 Å². The molecule has 0 bridgehead atoms. The van der Waals surface area contributed by atoms with Gasteiger partial charge in [0, 0.05) is 24.9 Å². The number of nitrogens with two attached hydrogens (primary N) is 1. The number of furan rings is 1. The summed E-state index contributed by atoms with van der Waals surface area (Å²) in [6.45, 7) is 0.178. The average Bonchev–Trinajstić information content (AvgIpc) is 2.96. The van der Waals surface area contributed by atoms with E-state index in [2.05, 4.69) is 15.9 Å². The molecule has 2 N–H and O–H groups in total. The highest BCUT2D eigenvalue weighted by Crippen LogP contribution is 2.31. The molecule has 2 heterocycles. The third-order valence-corrected chi connectivity index (χ3v) is 6.90. The maximum atomic E-state index is 12.5. The van der Waals surface area contributed by atoms with E-state index in [1.54, 1.807) is 18.8 Å². The highest BCUT2D eigenvalue weighted by Gasteiger charge is 2.33. The minimum atomic E-state index is -3.52. The smallest absolute Gasteiger partial charge is 0.247 e. The van der Waals surface area contributed by atoms with Gasteiger partial charge in [-0.25, -0.2) is 8.42 Å². The maximum absolute atomic E-state index is 12.5. The molecular formula is C10H15BrN2O3S2. The molecule has 0 aliphatic carbocycles. The Morgan fingerprint density at radius 3 is 2.89 bits per heavy atom. The molecule has 0 radical (unpaired) electrons. The Kier molecular flexibility index (Phi) is 4.43. The van der Waals surface area contributed by atoms with Crippen LogP contribution in [0.15, 0.2) is 20.0 Å². The number of rotatable bonds is 4. The van der Waals surface area contributed by atoms with E-state index in [1.807, 2.05) is 0 Å². The van der Waals surface area contributed by atoms with Crippen LogP contribution in [-0.4, -0.2) is 37.3 Å². The molecule has 5 nitrogen and oxygen atoms in total. The predicted molar refractivity (Wildman–Crippen MR) is 75.0 cm³/mol. The molecule has 1 fully saturated rings.